The Morgan fingerprint density at radius 3 is 2.35 bits per heavy atom. The number of ether oxygens (including phenoxy) is 2. The third kappa shape index (κ3) is 6.04. The number of nitrogens with one attached hydrogen (secondary N) is 1. The summed E-state index contributed by atoms with van der Waals surface area (Å²) in [4.78, 5) is 27.2. The van der Waals surface area contributed by atoms with Crippen molar-refractivity contribution in [1.29, 1.82) is 0 Å². The van der Waals surface area contributed by atoms with Gasteiger partial charge in [0.15, 0.2) is 0 Å². The fourth-order valence-corrected chi connectivity index (χ4v) is 2.91. The van der Waals surface area contributed by atoms with Crippen molar-refractivity contribution in [3.05, 3.63) is 15.8 Å². The molecule has 1 aromatic heterocycles. The van der Waals surface area contributed by atoms with Crippen molar-refractivity contribution < 1.29 is 19.1 Å². The summed E-state index contributed by atoms with van der Waals surface area (Å²) in [5.74, 6) is 5.61. The van der Waals surface area contributed by atoms with Gasteiger partial charge in [0.1, 0.15) is 10.9 Å². The Bertz CT molecular complexity index is 707. The summed E-state index contributed by atoms with van der Waals surface area (Å²) in [6.45, 7) is 7.84. The van der Waals surface area contributed by atoms with Crippen LogP contribution in [0, 0.1) is 17.3 Å². The van der Waals surface area contributed by atoms with Crippen LogP contribution < -0.4 is 5.32 Å². The molecule has 0 radical (unpaired) electrons. The van der Waals surface area contributed by atoms with E-state index in [2.05, 4.69) is 17.2 Å². The Morgan fingerprint density at radius 2 is 1.88 bits per heavy atom. The van der Waals surface area contributed by atoms with Gasteiger partial charge in [-0.05, 0) is 33.8 Å². The Balaban J connectivity index is 3.30. The Hall–Kier alpha value is -2.04. The number of esters is 1. The lowest BCUT2D eigenvalue weighted by molar-refractivity contribution is -0.132. The maximum Gasteiger partial charge on any atom is 0.350 e. The van der Waals surface area contributed by atoms with Gasteiger partial charge in [0.05, 0.1) is 23.8 Å². The molecule has 0 saturated carbocycles. The first kappa shape index (κ1) is 22.0. The number of likely N-dealkylation sites (N-methyl/N-ethyl adjacent to an activating group) is 1. The van der Waals surface area contributed by atoms with Crippen molar-refractivity contribution in [2.75, 3.05) is 33.6 Å². The van der Waals surface area contributed by atoms with E-state index in [-0.39, 0.29) is 17.4 Å². The maximum absolute atomic E-state index is 12.5. The zero-order valence-electron chi connectivity index (χ0n) is 16.7. The molecule has 2 atom stereocenters. The lowest BCUT2D eigenvalue weighted by atomic mass is 9.98. The van der Waals surface area contributed by atoms with E-state index >= 15 is 0 Å². The molecule has 0 unspecified atom stereocenters. The number of hydrogen-bond donors (Lipinski definition) is 1. The van der Waals surface area contributed by atoms with Crippen LogP contribution in [0.1, 0.15) is 42.2 Å². The van der Waals surface area contributed by atoms with Crippen molar-refractivity contribution >= 4 is 28.9 Å². The fraction of sp³-hybridized carbons (Fsp3) is 0.579. The van der Waals surface area contributed by atoms with Gasteiger partial charge in [0.2, 0.25) is 5.91 Å². The van der Waals surface area contributed by atoms with Crippen LogP contribution in [0.3, 0.4) is 0 Å². The third-order valence-electron chi connectivity index (χ3n) is 3.52. The minimum absolute atomic E-state index is 0.149. The molecule has 0 spiro atoms. The lowest BCUT2D eigenvalue weighted by Gasteiger charge is -2.26. The van der Waals surface area contributed by atoms with Crippen molar-refractivity contribution in [2.24, 2.45) is 5.41 Å². The van der Waals surface area contributed by atoms with Crippen LogP contribution in [0.5, 0.6) is 0 Å². The molecule has 1 aromatic rings. The molecule has 0 fully saturated rings. The van der Waals surface area contributed by atoms with Gasteiger partial charge in [-0.2, -0.15) is 0 Å². The molecule has 6 nitrogen and oxygen atoms in total. The molecule has 1 N–H and O–H groups in total. The molecule has 1 rings (SSSR count). The SMILES string of the molecule is COC(=O)c1sc(C#CC(C)(C)C)cc1N[C@@H](C(=O)N(C)C)[C@@H](C)OC. The predicted octanol–water partition coefficient (Wildman–Crippen LogP) is 2.84. The summed E-state index contributed by atoms with van der Waals surface area (Å²) >= 11 is 1.24. The normalized spacial score (nSPS) is 13.2. The van der Waals surface area contributed by atoms with Crippen molar-refractivity contribution in [3.63, 3.8) is 0 Å². The molecule has 0 aliphatic carbocycles. The summed E-state index contributed by atoms with van der Waals surface area (Å²) in [6.07, 6.45) is -0.389. The number of methoxy groups -OCH3 is 2. The molecule has 1 amide bonds. The smallest absolute Gasteiger partial charge is 0.350 e. The average Bonchev–Trinajstić information content (AvgIpc) is 2.98. The second kappa shape index (κ2) is 9.06. The van der Waals surface area contributed by atoms with E-state index in [1.807, 2.05) is 20.8 Å². The standard InChI is InChI=1S/C19H28N2O4S/c1-12(24-7)15(17(22)21(5)6)20-14-11-13(9-10-19(2,3)4)26-16(14)18(23)25-8/h11-12,15,20H,1-8H3/t12-,15-/m1/s1. The number of carbonyl (C=O) groups is 2. The topological polar surface area (TPSA) is 67.9 Å². The maximum atomic E-state index is 12.5. The van der Waals surface area contributed by atoms with Crippen LogP contribution >= 0.6 is 11.3 Å². The van der Waals surface area contributed by atoms with Gasteiger partial charge < -0.3 is 19.7 Å². The summed E-state index contributed by atoms with van der Waals surface area (Å²) in [5, 5.41) is 3.14. The molecule has 144 valence electrons. The number of anilines is 1. The predicted molar refractivity (Wildman–Crippen MR) is 105 cm³/mol. The quantitative estimate of drug-likeness (QED) is 0.607. The number of amides is 1. The van der Waals surface area contributed by atoms with Gasteiger partial charge in [0.25, 0.3) is 0 Å². The highest BCUT2D eigenvalue weighted by Gasteiger charge is 2.29. The number of carbonyl (C=O) groups excluding carboxylic acids is 2. The zero-order valence-corrected chi connectivity index (χ0v) is 17.5. The van der Waals surface area contributed by atoms with Gasteiger partial charge in [0, 0.05) is 26.6 Å². The minimum Gasteiger partial charge on any atom is -0.465 e. The van der Waals surface area contributed by atoms with E-state index in [0.717, 1.165) is 4.88 Å². The van der Waals surface area contributed by atoms with Crippen molar-refractivity contribution in [2.45, 2.75) is 39.8 Å². The molecular formula is C19H28N2O4S. The zero-order chi connectivity index (χ0) is 20.1. The molecule has 0 saturated heterocycles. The van der Waals surface area contributed by atoms with E-state index in [0.29, 0.717) is 10.6 Å². The van der Waals surface area contributed by atoms with Crippen LogP contribution in [0.25, 0.3) is 0 Å². The third-order valence-corrected chi connectivity index (χ3v) is 4.55. The highest BCUT2D eigenvalue weighted by atomic mass is 32.1. The highest BCUT2D eigenvalue weighted by molar-refractivity contribution is 7.15. The molecule has 0 aliphatic heterocycles. The molecule has 26 heavy (non-hydrogen) atoms. The summed E-state index contributed by atoms with van der Waals surface area (Å²) in [5.41, 5.74) is 0.362. The highest BCUT2D eigenvalue weighted by Crippen LogP contribution is 2.29. The van der Waals surface area contributed by atoms with Crippen molar-refractivity contribution in [3.8, 4) is 11.8 Å². The van der Waals surface area contributed by atoms with Gasteiger partial charge in [-0.3, -0.25) is 4.79 Å². The Labute approximate surface area is 159 Å². The second-order valence-electron chi connectivity index (χ2n) is 7.14. The molecule has 0 aliphatic rings. The first-order valence-corrected chi connectivity index (χ1v) is 9.07. The van der Waals surface area contributed by atoms with Crippen LogP contribution in [0.2, 0.25) is 0 Å². The summed E-state index contributed by atoms with van der Waals surface area (Å²) in [7, 11) is 6.22. The molecule has 0 aromatic carbocycles. The molecular weight excluding hydrogens is 352 g/mol. The fourth-order valence-electron chi connectivity index (χ4n) is 2.01. The Kier molecular flexibility index (Phi) is 7.67. The van der Waals surface area contributed by atoms with Gasteiger partial charge >= 0.3 is 5.97 Å². The molecule has 7 heteroatoms. The van der Waals surface area contributed by atoms with Crippen LogP contribution in [0.15, 0.2) is 6.07 Å². The van der Waals surface area contributed by atoms with Gasteiger partial charge in [-0.15, -0.1) is 11.3 Å². The Morgan fingerprint density at radius 1 is 1.27 bits per heavy atom. The first-order chi connectivity index (χ1) is 12.0. The molecule has 1 heterocycles. The van der Waals surface area contributed by atoms with Crippen LogP contribution in [-0.2, 0) is 14.3 Å². The second-order valence-corrected chi connectivity index (χ2v) is 8.19. The van der Waals surface area contributed by atoms with E-state index in [4.69, 9.17) is 9.47 Å². The van der Waals surface area contributed by atoms with Crippen LogP contribution in [-0.4, -0.2) is 57.2 Å². The van der Waals surface area contributed by atoms with E-state index < -0.39 is 12.0 Å². The number of nitrogens with zero attached hydrogens (tertiary/aromatic N) is 1. The average molecular weight is 381 g/mol. The van der Waals surface area contributed by atoms with E-state index in [1.54, 1.807) is 27.1 Å². The van der Waals surface area contributed by atoms with E-state index in [9.17, 15) is 9.59 Å². The lowest BCUT2D eigenvalue weighted by Crippen LogP contribution is -2.46. The largest absolute Gasteiger partial charge is 0.465 e. The monoisotopic (exact) mass is 380 g/mol. The van der Waals surface area contributed by atoms with Gasteiger partial charge in [-0.25, -0.2) is 4.79 Å². The number of hydrogen-bond acceptors (Lipinski definition) is 6. The molecule has 0 bridgehead atoms. The van der Waals surface area contributed by atoms with E-state index in [1.165, 1.54) is 30.5 Å². The van der Waals surface area contributed by atoms with Gasteiger partial charge in [-0.1, -0.05) is 11.8 Å². The van der Waals surface area contributed by atoms with Crippen LogP contribution in [0.4, 0.5) is 5.69 Å². The number of thiophene rings is 1. The summed E-state index contributed by atoms with van der Waals surface area (Å²) in [6, 6.07) is 1.13. The van der Waals surface area contributed by atoms with Crippen molar-refractivity contribution in [1.82, 2.24) is 4.90 Å². The number of rotatable bonds is 6. The first-order valence-electron chi connectivity index (χ1n) is 8.26. The summed E-state index contributed by atoms with van der Waals surface area (Å²) < 4.78 is 10.2. The minimum atomic E-state index is -0.642.